The summed E-state index contributed by atoms with van der Waals surface area (Å²) in [5.41, 5.74) is 7.07. The molecule has 4 aromatic rings. The van der Waals surface area contributed by atoms with Gasteiger partial charge >= 0.3 is 35.8 Å². The van der Waals surface area contributed by atoms with Gasteiger partial charge in [-0.05, 0) is 42.8 Å². The minimum absolute atomic E-state index is 0.0950. The third-order valence-corrected chi connectivity index (χ3v) is 13.2. The van der Waals surface area contributed by atoms with E-state index in [0.717, 1.165) is 18.6 Å². The molecule has 8 atom stereocenters. The summed E-state index contributed by atoms with van der Waals surface area (Å²) >= 11 is 1.36. The number of benzene rings is 2. The van der Waals surface area contributed by atoms with Gasteiger partial charge in [-0.15, -0.1) is 0 Å². The normalized spacial score (nSPS) is 24.5. The van der Waals surface area contributed by atoms with E-state index in [1.807, 2.05) is 6.92 Å². The van der Waals surface area contributed by atoms with E-state index in [2.05, 4.69) is 28.9 Å². The molecule has 4 unspecified atom stereocenters. The molecule has 2 saturated heterocycles. The molecule has 0 saturated carbocycles. The summed E-state index contributed by atoms with van der Waals surface area (Å²) < 4.78 is 81.4. The highest BCUT2D eigenvalue weighted by Crippen LogP contribution is 2.67. The average Bonchev–Trinajstić information content (AvgIpc) is 3.80. The molecule has 0 bridgehead atoms. The quantitative estimate of drug-likeness (QED) is 0.0646. The highest BCUT2D eigenvalue weighted by molar-refractivity contribution is 7.99. The molecule has 2 fully saturated rings. The molecule has 286 valence electrons. The molecule has 25 heteroatoms. The highest BCUT2D eigenvalue weighted by atomic mass is 32.2. The number of nitrogens with one attached hydrogen (secondary N) is 1. The van der Waals surface area contributed by atoms with Gasteiger partial charge in [-0.2, -0.15) is 4.31 Å². The van der Waals surface area contributed by atoms with Gasteiger partial charge in [0.2, 0.25) is 0 Å². The van der Waals surface area contributed by atoms with Crippen molar-refractivity contribution >= 4 is 69.1 Å². The summed E-state index contributed by atoms with van der Waals surface area (Å²) in [6, 6.07) is 13.1. The lowest BCUT2D eigenvalue weighted by Gasteiger charge is -2.22. The number of fused-ring (bicyclic) bond motifs is 2. The van der Waals surface area contributed by atoms with Crippen molar-refractivity contribution in [1.29, 1.82) is 0 Å². The highest BCUT2D eigenvalue weighted by Gasteiger charge is 2.56. The number of hydrogen-bond donors (Lipinski definition) is 5. The van der Waals surface area contributed by atoms with Crippen molar-refractivity contribution in [2.75, 3.05) is 30.5 Å². The van der Waals surface area contributed by atoms with E-state index < -0.39 is 72.3 Å². The number of para-hydroxylation sites is 1. The van der Waals surface area contributed by atoms with Crippen LogP contribution in [0, 0.1) is 0 Å². The smallest absolute Gasteiger partial charge is 0.488 e. The second-order valence-corrected chi connectivity index (χ2v) is 17.2. The first-order valence-electron chi connectivity index (χ1n) is 15.5. The standard InChI is InChI=1S/C28H33N6O15P3S/c1-3-13-53-26-32-23(29)20-24(33-26)34(15-30-20)25-22-21(45-28(46-22)47-27(35)31-16-7-5-4-6-8-16)19(44-25)14-43-51(38,39)49-52(40,41)48-50(36,37)18-11-9-17(42-2)10-12-18/h4-12,15,19,21-22,25,28H,3,13-14H2,1-2H3,(H,31,35)(H,36,37)(H,38,39)(H,40,41)(H2,29,32,33)/t19-,21+,22+,25-,28?/m1/s1. The number of rotatable bonds is 15. The van der Waals surface area contributed by atoms with E-state index in [4.69, 9.17) is 33.9 Å². The SMILES string of the molecule is CCCSc1nc(N)c2ncn([C@@H]3O[C@H](COP(=O)(O)OP(=O)(O)OP(=O)(O)c4ccc(OC)cc4)[C@@H]4OC(OC(=O)Nc5ccccc5)O[C@@H]43)c2n1. The van der Waals surface area contributed by atoms with Gasteiger partial charge in [-0.25, -0.2) is 33.2 Å². The van der Waals surface area contributed by atoms with Crippen LogP contribution in [-0.2, 0) is 45.8 Å². The number of anilines is 2. The van der Waals surface area contributed by atoms with Crippen LogP contribution < -0.4 is 21.1 Å². The third-order valence-electron chi connectivity index (χ3n) is 7.40. The van der Waals surface area contributed by atoms with Crippen LogP contribution >= 0.6 is 35.0 Å². The predicted octanol–water partition coefficient (Wildman–Crippen LogP) is 3.89. The number of ether oxygens (including phenoxy) is 5. The fourth-order valence-electron chi connectivity index (χ4n) is 5.13. The average molecular weight is 819 g/mol. The van der Waals surface area contributed by atoms with Crippen molar-refractivity contribution in [3.05, 3.63) is 60.9 Å². The number of nitrogens with zero attached hydrogens (tertiary/aromatic N) is 4. The second-order valence-electron chi connectivity index (χ2n) is 11.1. The van der Waals surface area contributed by atoms with Crippen LogP contribution in [0.4, 0.5) is 16.3 Å². The number of phosphoric acid groups is 2. The topological polar surface area (TPSA) is 284 Å². The van der Waals surface area contributed by atoms with Gasteiger partial charge in [0.05, 0.1) is 25.3 Å². The number of carbonyl (C=O) groups excluding carboxylic acids is 1. The van der Waals surface area contributed by atoms with Crippen LogP contribution in [0.1, 0.15) is 19.6 Å². The van der Waals surface area contributed by atoms with Crippen molar-refractivity contribution < 1.29 is 70.0 Å². The van der Waals surface area contributed by atoms with E-state index in [0.29, 0.717) is 22.3 Å². The molecule has 2 aromatic carbocycles. The van der Waals surface area contributed by atoms with Crippen LogP contribution in [0.15, 0.2) is 66.1 Å². The van der Waals surface area contributed by atoms with Crippen molar-refractivity contribution in [2.24, 2.45) is 0 Å². The maximum atomic E-state index is 12.9. The summed E-state index contributed by atoms with van der Waals surface area (Å²) in [6.07, 6.45) is -3.43. The first-order chi connectivity index (χ1) is 25.2. The Hall–Kier alpha value is -3.46. The molecular formula is C28H33N6O15P3S. The first-order valence-corrected chi connectivity index (χ1v) is 21.0. The first kappa shape index (κ1) is 39.2. The van der Waals surface area contributed by atoms with Crippen molar-refractivity contribution in [3.8, 4) is 5.75 Å². The van der Waals surface area contributed by atoms with Gasteiger partial charge in [0, 0.05) is 11.4 Å². The largest absolute Gasteiger partial charge is 0.497 e. The van der Waals surface area contributed by atoms with E-state index >= 15 is 0 Å². The molecule has 4 heterocycles. The zero-order valence-corrected chi connectivity index (χ0v) is 31.1. The van der Waals surface area contributed by atoms with Crippen LogP contribution in [0.2, 0.25) is 0 Å². The number of amides is 1. The number of carbonyl (C=O) groups is 1. The molecule has 0 radical (unpaired) electrons. The number of aromatic nitrogens is 4. The lowest BCUT2D eigenvalue weighted by molar-refractivity contribution is -0.239. The van der Waals surface area contributed by atoms with Crippen LogP contribution in [0.5, 0.6) is 5.75 Å². The van der Waals surface area contributed by atoms with Gasteiger partial charge in [-0.1, -0.05) is 36.9 Å². The Morgan fingerprint density at radius 1 is 0.981 bits per heavy atom. The predicted molar refractivity (Wildman–Crippen MR) is 185 cm³/mol. The summed E-state index contributed by atoms with van der Waals surface area (Å²) in [7, 11) is -15.0. The number of nitrogens with two attached hydrogens (primary N) is 1. The Morgan fingerprint density at radius 2 is 1.70 bits per heavy atom. The zero-order valence-electron chi connectivity index (χ0n) is 27.6. The van der Waals surface area contributed by atoms with E-state index in [1.165, 1.54) is 41.9 Å². The molecular weight excluding hydrogens is 785 g/mol. The van der Waals surface area contributed by atoms with E-state index in [-0.39, 0.29) is 17.0 Å². The summed E-state index contributed by atoms with van der Waals surface area (Å²) in [6.45, 7) is -0.471. The molecule has 2 aliphatic rings. The van der Waals surface area contributed by atoms with Crippen LogP contribution in [0.3, 0.4) is 0 Å². The van der Waals surface area contributed by atoms with Gasteiger partial charge in [0.25, 0.3) is 0 Å². The summed E-state index contributed by atoms with van der Waals surface area (Å²) in [4.78, 5) is 56.6. The minimum atomic E-state index is -5.74. The summed E-state index contributed by atoms with van der Waals surface area (Å²) in [5, 5.41) is 2.44. The molecule has 2 aliphatic heterocycles. The second kappa shape index (κ2) is 16.1. The van der Waals surface area contributed by atoms with Crippen molar-refractivity contribution in [2.45, 2.75) is 49.5 Å². The van der Waals surface area contributed by atoms with Crippen molar-refractivity contribution in [3.63, 3.8) is 0 Å². The molecule has 6 rings (SSSR count). The van der Waals surface area contributed by atoms with E-state index in [1.54, 1.807) is 30.3 Å². The molecule has 0 aliphatic carbocycles. The van der Waals surface area contributed by atoms with Gasteiger partial charge < -0.3 is 44.1 Å². The van der Waals surface area contributed by atoms with Crippen molar-refractivity contribution in [1.82, 2.24) is 19.5 Å². The fourth-order valence-corrected chi connectivity index (χ4v) is 9.81. The van der Waals surface area contributed by atoms with Crippen LogP contribution in [0.25, 0.3) is 11.2 Å². The Labute approximate surface area is 304 Å². The molecule has 21 nitrogen and oxygen atoms in total. The molecule has 0 spiro atoms. The number of imidazole rings is 1. The number of hydrogen-bond acceptors (Lipinski definition) is 17. The number of phosphoric ester groups is 1. The number of thioether (sulfide) groups is 1. The molecule has 1 amide bonds. The van der Waals surface area contributed by atoms with Crippen LogP contribution in [-0.4, -0.2) is 84.6 Å². The van der Waals surface area contributed by atoms with Gasteiger partial charge in [-0.3, -0.25) is 19.0 Å². The monoisotopic (exact) mass is 818 g/mol. The number of nitrogen functional groups attached to an aromatic ring is 1. The Bertz CT molecular complexity index is 2080. The lowest BCUT2D eigenvalue weighted by atomic mass is 10.1. The molecule has 53 heavy (non-hydrogen) atoms. The minimum Gasteiger partial charge on any atom is -0.497 e. The molecule has 2 aromatic heterocycles. The van der Waals surface area contributed by atoms with Gasteiger partial charge in [0.1, 0.15) is 29.6 Å². The lowest BCUT2D eigenvalue weighted by Crippen LogP contribution is -2.32. The number of methoxy groups -OCH3 is 1. The maximum absolute atomic E-state index is 12.9. The third kappa shape index (κ3) is 9.44. The zero-order chi connectivity index (χ0) is 38.0. The Morgan fingerprint density at radius 3 is 2.40 bits per heavy atom. The Kier molecular flexibility index (Phi) is 11.9. The maximum Gasteiger partial charge on any atom is 0.488 e. The van der Waals surface area contributed by atoms with Gasteiger partial charge in [0.15, 0.2) is 22.8 Å². The van der Waals surface area contributed by atoms with E-state index in [9.17, 15) is 33.2 Å². The fraction of sp³-hybridized carbons (Fsp3) is 0.357. The molecule has 6 N–H and O–H groups in total. The summed E-state index contributed by atoms with van der Waals surface area (Å²) in [5.74, 6) is 1.11. The Balaban J connectivity index is 1.19.